The molecule has 0 spiro atoms. The second-order valence-corrected chi connectivity index (χ2v) is 9.96. The molecule has 0 bridgehead atoms. The smallest absolute Gasteiger partial charge is 0.240 e. The number of nitrogens with one attached hydrogen (secondary N) is 2. The fraction of sp³-hybridized carbons (Fsp3) is 0.375. The zero-order valence-corrected chi connectivity index (χ0v) is 14.7. The van der Waals surface area contributed by atoms with Crippen molar-refractivity contribution in [2.45, 2.75) is 17.4 Å². The second kappa shape index (κ2) is 6.79. The Morgan fingerprint density at radius 3 is 2.50 bits per heavy atom. The lowest BCUT2D eigenvalue weighted by Crippen LogP contribution is -2.37. The van der Waals surface area contributed by atoms with E-state index in [0.717, 1.165) is 10.8 Å². The first-order chi connectivity index (χ1) is 11.4. The zero-order valence-electron chi connectivity index (χ0n) is 13.1. The van der Waals surface area contributed by atoms with E-state index in [-0.39, 0.29) is 29.0 Å². The Hall–Kier alpha value is -1.48. The Morgan fingerprint density at radius 1 is 1.04 bits per heavy atom. The van der Waals surface area contributed by atoms with E-state index in [1.54, 1.807) is 18.2 Å². The predicted octanol–water partition coefficient (Wildman–Crippen LogP) is 0.895. The molecule has 1 fully saturated rings. The summed E-state index contributed by atoms with van der Waals surface area (Å²) in [5.74, 6) is 0.331. The van der Waals surface area contributed by atoms with Gasteiger partial charge in [0, 0.05) is 19.1 Å². The van der Waals surface area contributed by atoms with E-state index in [9.17, 15) is 16.8 Å². The molecular weight excluding hydrogens is 348 g/mol. The molecule has 0 unspecified atom stereocenters. The van der Waals surface area contributed by atoms with Crippen LogP contribution in [0.25, 0.3) is 10.8 Å². The first-order valence-corrected chi connectivity index (χ1v) is 11.1. The van der Waals surface area contributed by atoms with Gasteiger partial charge in [0.05, 0.1) is 16.4 Å². The van der Waals surface area contributed by atoms with Crippen LogP contribution in [0.4, 0.5) is 0 Å². The summed E-state index contributed by atoms with van der Waals surface area (Å²) in [5.41, 5.74) is 0. The SMILES string of the molecule is O=S1(=O)CC[C@@H](NCCNS(=O)(=O)c2ccc3ccccc3c2)C1. The summed E-state index contributed by atoms with van der Waals surface area (Å²) >= 11 is 0. The highest BCUT2D eigenvalue weighted by atomic mass is 32.2. The van der Waals surface area contributed by atoms with Crippen molar-refractivity contribution < 1.29 is 16.8 Å². The second-order valence-electron chi connectivity index (χ2n) is 5.96. The molecule has 2 aromatic rings. The lowest BCUT2D eigenvalue weighted by molar-refractivity contribution is 0.542. The van der Waals surface area contributed by atoms with E-state index in [1.165, 1.54) is 0 Å². The van der Waals surface area contributed by atoms with Crippen molar-refractivity contribution in [3.63, 3.8) is 0 Å². The Kier molecular flexibility index (Phi) is 4.91. The van der Waals surface area contributed by atoms with Crippen LogP contribution in [0.5, 0.6) is 0 Å². The minimum Gasteiger partial charge on any atom is -0.312 e. The highest BCUT2D eigenvalue weighted by Gasteiger charge is 2.27. The number of benzene rings is 2. The standard InChI is InChI=1S/C16H20N2O4S2/c19-23(20)10-7-15(12-23)17-8-9-18-24(21,22)16-6-5-13-3-1-2-4-14(13)11-16/h1-6,11,15,17-18H,7-10,12H2/t15-/m1/s1. The van der Waals surface area contributed by atoms with E-state index in [4.69, 9.17) is 0 Å². The molecule has 24 heavy (non-hydrogen) atoms. The average molecular weight is 368 g/mol. The van der Waals surface area contributed by atoms with Crippen LogP contribution in [0.3, 0.4) is 0 Å². The molecule has 1 atom stereocenters. The summed E-state index contributed by atoms with van der Waals surface area (Å²) in [6.07, 6.45) is 0.583. The third-order valence-electron chi connectivity index (χ3n) is 4.11. The zero-order chi connectivity index (χ0) is 17.2. The molecule has 6 nitrogen and oxygen atoms in total. The van der Waals surface area contributed by atoms with E-state index in [1.807, 2.05) is 24.3 Å². The van der Waals surface area contributed by atoms with Crippen molar-refractivity contribution in [3.8, 4) is 0 Å². The largest absolute Gasteiger partial charge is 0.312 e. The van der Waals surface area contributed by atoms with Gasteiger partial charge in [-0.05, 0) is 29.3 Å². The summed E-state index contributed by atoms with van der Waals surface area (Å²) in [5, 5.41) is 4.94. The van der Waals surface area contributed by atoms with Gasteiger partial charge in [-0.3, -0.25) is 0 Å². The molecule has 130 valence electrons. The number of sulfonamides is 1. The number of hydrogen-bond donors (Lipinski definition) is 2. The highest BCUT2D eigenvalue weighted by molar-refractivity contribution is 7.91. The van der Waals surface area contributed by atoms with Crippen LogP contribution in [0.15, 0.2) is 47.4 Å². The Bertz CT molecular complexity index is 939. The minimum atomic E-state index is -3.58. The fourth-order valence-corrected chi connectivity index (χ4v) is 5.61. The summed E-state index contributed by atoms with van der Waals surface area (Å²) < 4.78 is 50.0. The van der Waals surface area contributed by atoms with Gasteiger partial charge in [-0.1, -0.05) is 30.3 Å². The van der Waals surface area contributed by atoms with Crippen LogP contribution in [0.1, 0.15) is 6.42 Å². The number of sulfone groups is 1. The van der Waals surface area contributed by atoms with Gasteiger partial charge in [-0.25, -0.2) is 21.6 Å². The molecular formula is C16H20N2O4S2. The molecule has 0 radical (unpaired) electrons. The maximum absolute atomic E-state index is 12.3. The third kappa shape index (κ3) is 4.13. The van der Waals surface area contributed by atoms with Crippen molar-refractivity contribution in [3.05, 3.63) is 42.5 Å². The highest BCUT2D eigenvalue weighted by Crippen LogP contribution is 2.18. The maximum atomic E-state index is 12.3. The topological polar surface area (TPSA) is 92.3 Å². The maximum Gasteiger partial charge on any atom is 0.240 e. The molecule has 2 aromatic carbocycles. The van der Waals surface area contributed by atoms with Crippen molar-refractivity contribution in [2.24, 2.45) is 0 Å². The van der Waals surface area contributed by atoms with Gasteiger partial charge >= 0.3 is 0 Å². The van der Waals surface area contributed by atoms with Gasteiger partial charge < -0.3 is 5.32 Å². The monoisotopic (exact) mass is 368 g/mol. The van der Waals surface area contributed by atoms with Gasteiger partial charge in [0.1, 0.15) is 0 Å². The van der Waals surface area contributed by atoms with E-state index < -0.39 is 19.9 Å². The number of rotatable bonds is 6. The number of fused-ring (bicyclic) bond motifs is 1. The summed E-state index contributed by atoms with van der Waals surface area (Å²) in [6.45, 7) is 0.610. The lowest BCUT2D eigenvalue weighted by atomic mass is 10.1. The van der Waals surface area contributed by atoms with Gasteiger partial charge in [-0.15, -0.1) is 0 Å². The van der Waals surface area contributed by atoms with Crippen molar-refractivity contribution >= 4 is 30.6 Å². The van der Waals surface area contributed by atoms with E-state index >= 15 is 0 Å². The van der Waals surface area contributed by atoms with Crippen molar-refractivity contribution in [2.75, 3.05) is 24.6 Å². The van der Waals surface area contributed by atoms with Crippen LogP contribution < -0.4 is 10.0 Å². The van der Waals surface area contributed by atoms with Gasteiger partial charge in [0.15, 0.2) is 9.84 Å². The summed E-state index contributed by atoms with van der Waals surface area (Å²) in [7, 11) is -6.50. The molecule has 1 aliphatic heterocycles. The molecule has 2 N–H and O–H groups in total. The first kappa shape index (κ1) is 17.3. The normalized spacial score (nSPS) is 20.4. The van der Waals surface area contributed by atoms with E-state index in [2.05, 4.69) is 10.0 Å². The lowest BCUT2D eigenvalue weighted by Gasteiger charge is -2.12. The molecule has 0 amide bonds. The predicted molar refractivity (Wildman–Crippen MR) is 94.2 cm³/mol. The van der Waals surface area contributed by atoms with E-state index in [0.29, 0.717) is 13.0 Å². The molecule has 1 aliphatic rings. The molecule has 8 heteroatoms. The van der Waals surface area contributed by atoms with Gasteiger partial charge in [0.25, 0.3) is 0 Å². The van der Waals surface area contributed by atoms with Crippen LogP contribution in [0.2, 0.25) is 0 Å². The number of hydrogen-bond acceptors (Lipinski definition) is 5. The van der Waals surface area contributed by atoms with Crippen LogP contribution in [-0.4, -0.2) is 47.5 Å². The molecule has 0 aliphatic carbocycles. The minimum absolute atomic E-state index is 0.0832. The Morgan fingerprint density at radius 2 is 1.79 bits per heavy atom. The van der Waals surface area contributed by atoms with Gasteiger partial charge in [0.2, 0.25) is 10.0 Å². The quantitative estimate of drug-likeness (QED) is 0.739. The fourth-order valence-electron chi connectivity index (χ4n) is 2.84. The molecule has 1 heterocycles. The van der Waals surface area contributed by atoms with Crippen LogP contribution >= 0.6 is 0 Å². The third-order valence-corrected chi connectivity index (χ3v) is 7.34. The van der Waals surface area contributed by atoms with Crippen LogP contribution in [-0.2, 0) is 19.9 Å². The summed E-state index contributed by atoms with van der Waals surface area (Å²) in [4.78, 5) is 0.227. The van der Waals surface area contributed by atoms with Crippen molar-refractivity contribution in [1.82, 2.24) is 10.0 Å². The average Bonchev–Trinajstić information content (AvgIpc) is 2.90. The first-order valence-electron chi connectivity index (χ1n) is 7.78. The summed E-state index contributed by atoms with van der Waals surface area (Å²) in [6, 6.07) is 12.5. The van der Waals surface area contributed by atoms with Crippen molar-refractivity contribution in [1.29, 1.82) is 0 Å². The Labute approximate surface area is 142 Å². The Balaban J connectivity index is 1.57. The molecule has 3 rings (SSSR count). The van der Waals surface area contributed by atoms with Gasteiger partial charge in [-0.2, -0.15) is 0 Å². The molecule has 0 aromatic heterocycles. The molecule has 1 saturated heterocycles. The molecule has 0 saturated carbocycles. The van der Waals surface area contributed by atoms with Crippen LogP contribution in [0, 0.1) is 0 Å².